The fourth-order valence-electron chi connectivity index (χ4n) is 5.49. The smallest absolute Gasteiger partial charge is 0.280 e. The van der Waals surface area contributed by atoms with E-state index in [0.29, 0.717) is 18.4 Å². The van der Waals surface area contributed by atoms with Gasteiger partial charge in [0, 0.05) is 18.8 Å². The Bertz CT molecular complexity index is 1670. The van der Waals surface area contributed by atoms with Crippen LogP contribution >= 0.6 is 10.8 Å². The zero-order chi connectivity index (χ0) is 28.9. The van der Waals surface area contributed by atoms with Gasteiger partial charge in [0.2, 0.25) is 0 Å². The number of imidazole rings is 1. The van der Waals surface area contributed by atoms with E-state index in [2.05, 4.69) is 19.4 Å². The Morgan fingerprint density at radius 2 is 1.80 bits per heavy atom. The molecule has 0 bridgehead atoms. The molecule has 0 saturated heterocycles. The first-order chi connectivity index (χ1) is 18.9. The molecule has 0 fully saturated rings. The lowest BCUT2D eigenvalue weighted by atomic mass is 9.63. The minimum Gasteiger partial charge on any atom is -0.506 e. The maximum Gasteiger partial charge on any atom is 0.280 e. The molecule has 2 aromatic carbocycles. The highest BCUT2D eigenvalue weighted by molar-refractivity contribution is 8.23. The van der Waals surface area contributed by atoms with Crippen LogP contribution in [0, 0.1) is 0 Å². The van der Waals surface area contributed by atoms with Gasteiger partial charge in [0.25, 0.3) is 10.0 Å². The van der Waals surface area contributed by atoms with Crippen molar-refractivity contribution < 1.29 is 27.4 Å². The van der Waals surface area contributed by atoms with Crippen LogP contribution in [-0.2, 0) is 27.3 Å². The second-order valence-electron chi connectivity index (χ2n) is 9.96. The van der Waals surface area contributed by atoms with Crippen LogP contribution in [0.3, 0.4) is 0 Å². The maximum atomic E-state index is 14.2. The van der Waals surface area contributed by atoms with Crippen LogP contribution in [0.15, 0.2) is 74.9 Å². The summed E-state index contributed by atoms with van der Waals surface area (Å²) in [5, 5.41) is 14.1. The van der Waals surface area contributed by atoms with Gasteiger partial charge in [-0.05, 0) is 36.6 Å². The van der Waals surface area contributed by atoms with E-state index in [1.807, 2.05) is 26.0 Å². The van der Waals surface area contributed by atoms with E-state index in [1.165, 1.54) is 35.3 Å². The zero-order valence-corrected chi connectivity index (χ0v) is 23.9. The number of aliphatic hydroxyl groups excluding tert-OH is 1. The molecule has 13 heteroatoms. The number of amidine groups is 1. The molecular formula is C27H31N5O6S2. The molecule has 1 aliphatic carbocycles. The van der Waals surface area contributed by atoms with Crippen LogP contribution in [0.5, 0.6) is 0 Å². The summed E-state index contributed by atoms with van der Waals surface area (Å²) in [5.41, 5.74) is 0.533. The van der Waals surface area contributed by atoms with Crippen LogP contribution < -0.4 is 10.0 Å². The molecule has 0 spiro atoms. The third kappa shape index (κ3) is 4.58. The molecule has 0 saturated carbocycles. The Hall–Kier alpha value is -3.65. The number of benzene rings is 2. The average Bonchev–Trinajstić information content (AvgIpc) is 3.35. The van der Waals surface area contributed by atoms with Crippen LogP contribution in [0.1, 0.15) is 50.7 Å². The number of carbonyl (C=O) groups excluding carboxylic acids is 1. The van der Waals surface area contributed by atoms with Gasteiger partial charge in [-0.15, -0.1) is 4.40 Å². The number of fused-ring (bicyclic) bond motifs is 2. The quantitative estimate of drug-likeness (QED) is 0.232. The number of aromatic nitrogens is 2. The first kappa shape index (κ1) is 27.9. The fraction of sp³-hybridized carbons (Fsp3) is 0.296. The number of sulfonamides is 1. The summed E-state index contributed by atoms with van der Waals surface area (Å²) in [7, 11) is -6.28. The Balaban J connectivity index is 1.56. The van der Waals surface area contributed by atoms with Crippen LogP contribution in [0.25, 0.3) is 5.76 Å². The molecule has 5 N–H and O–H groups in total. The average molecular weight is 586 g/mol. The monoisotopic (exact) mass is 585 g/mol. The fourth-order valence-corrected chi connectivity index (χ4v) is 7.71. The Kier molecular flexibility index (Phi) is 7.03. The number of carbonyl (C=O) groups is 1. The number of nitrogens with one attached hydrogen (secondary N) is 2. The van der Waals surface area contributed by atoms with Crippen LogP contribution in [-0.4, -0.2) is 43.8 Å². The van der Waals surface area contributed by atoms with Crippen molar-refractivity contribution in [2.45, 2.75) is 54.9 Å². The normalized spacial score (nSPS) is 18.3. The molecule has 3 aromatic rings. The molecule has 1 aliphatic heterocycles. The summed E-state index contributed by atoms with van der Waals surface area (Å²) in [4.78, 5) is 18.0. The number of hydrogen-bond donors (Lipinski definition) is 5. The van der Waals surface area contributed by atoms with E-state index in [0.717, 1.165) is 18.4 Å². The van der Waals surface area contributed by atoms with Crippen molar-refractivity contribution in [3.05, 3.63) is 71.7 Å². The molecule has 0 unspecified atom stereocenters. The van der Waals surface area contributed by atoms with E-state index >= 15 is 0 Å². The Morgan fingerprint density at radius 3 is 2.45 bits per heavy atom. The van der Waals surface area contributed by atoms with Gasteiger partial charge in [-0.25, -0.2) is 4.98 Å². The van der Waals surface area contributed by atoms with E-state index in [9.17, 15) is 27.4 Å². The third-order valence-electron chi connectivity index (χ3n) is 7.14. The summed E-state index contributed by atoms with van der Waals surface area (Å²) in [6, 6.07) is 11.4. The Morgan fingerprint density at radius 1 is 1.10 bits per heavy atom. The van der Waals surface area contributed by atoms with Gasteiger partial charge >= 0.3 is 0 Å². The first-order valence-electron chi connectivity index (χ1n) is 12.8. The number of aliphatic hydroxyl groups is 1. The summed E-state index contributed by atoms with van der Waals surface area (Å²) in [6.07, 6.45) is 5.24. The first-order valence-corrected chi connectivity index (χ1v) is 15.8. The molecule has 5 rings (SSSR count). The zero-order valence-electron chi connectivity index (χ0n) is 22.2. The number of nitrogens with zero attached hydrogens (tertiary/aromatic N) is 3. The van der Waals surface area contributed by atoms with Gasteiger partial charge in [0.15, 0.2) is 16.6 Å². The predicted molar refractivity (Wildman–Crippen MR) is 155 cm³/mol. The van der Waals surface area contributed by atoms with Crippen molar-refractivity contribution in [1.82, 2.24) is 9.55 Å². The highest BCUT2D eigenvalue weighted by atomic mass is 32.3. The van der Waals surface area contributed by atoms with Crippen molar-refractivity contribution in [2.75, 3.05) is 10.0 Å². The number of rotatable bonds is 8. The number of aryl methyl sites for hydroxylation is 1. The molecular weight excluding hydrogens is 554 g/mol. The van der Waals surface area contributed by atoms with Gasteiger partial charge < -0.3 is 15.0 Å². The lowest BCUT2D eigenvalue weighted by Crippen LogP contribution is -2.44. The van der Waals surface area contributed by atoms with Crippen LogP contribution in [0.2, 0.25) is 0 Å². The van der Waals surface area contributed by atoms with Crippen molar-refractivity contribution >= 4 is 49.6 Å². The lowest BCUT2D eigenvalue weighted by molar-refractivity contribution is -0.121. The molecule has 0 amide bonds. The predicted octanol–water partition coefficient (Wildman–Crippen LogP) is 5.46. The number of hydrogen-bond acceptors (Lipinski definition) is 9. The molecule has 212 valence electrons. The summed E-state index contributed by atoms with van der Waals surface area (Å²) in [6.45, 7) is 3.99. The molecule has 40 heavy (non-hydrogen) atoms. The minimum atomic E-state index is -4.03. The van der Waals surface area contributed by atoms with E-state index in [4.69, 9.17) is 0 Å². The molecule has 2 aliphatic rings. The van der Waals surface area contributed by atoms with Crippen molar-refractivity contribution in [3.63, 3.8) is 0 Å². The van der Waals surface area contributed by atoms with Crippen LogP contribution in [0.4, 0.5) is 11.4 Å². The van der Waals surface area contributed by atoms with Gasteiger partial charge in [0.05, 0.1) is 23.1 Å². The second-order valence-corrected chi connectivity index (χ2v) is 13.2. The molecule has 11 nitrogen and oxygen atoms in total. The second kappa shape index (κ2) is 10.1. The highest BCUT2D eigenvalue weighted by Gasteiger charge is 2.48. The summed E-state index contributed by atoms with van der Waals surface area (Å²) >= 11 is 0. The number of anilines is 2. The van der Waals surface area contributed by atoms with Gasteiger partial charge in [-0.3, -0.25) is 18.6 Å². The maximum absolute atomic E-state index is 14.2. The largest absolute Gasteiger partial charge is 0.506 e. The Labute approximate surface area is 234 Å². The number of Topliss-reactive ketones (excluding diaryl/α,β-unsaturated/α-hetero) is 1. The summed E-state index contributed by atoms with van der Waals surface area (Å²) in [5.74, 6) is -0.770. The van der Waals surface area contributed by atoms with E-state index in [1.54, 1.807) is 19.2 Å². The standard InChI is InChI=1S/C27H31N5O6S2/c1-4-12-27(13-5-2)19-9-7-6-8-18(19)24(33)23(25(27)34)26-29-20-11-10-17(14-21(20)39(35,36)31-26)30-40(37,38)22-15-32(3)16-28-22/h6-11,14-16,30,33,35-36H,4-5,12-13H2,1-3H3,(H,29,31). The summed E-state index contributed by atoms with van der Waals surface area (Å²) < 4.78 is 55.6. The SMILES string of the molecule is CCCC1(CCC)C(=O)C(C2=NS(O)(O)c3cc(NS(=O)(=O)c4cn(C)cn4)ccc3N2)=C(O)c2ccccc21. The number of ketones is 1. The minimum absolute atomic E-state index is 0.0606. The highest BCUT2D eigenvalue weighted by Crippen LogP contribution is 2.57. The van der Waals surface area contributed by atoms with Gasteiger partial charge in [-0.2, -0.15) is 8.42 Å². The van der Waals surface area contributed by atoms with Gasteiger partial charge in [-0.1, -0.05) is 61.7 Å². The van der Waals surface area contributed by atoms with Crippen molar-refractivity contribution in [3.8, 4) is 0 Å². The molecule has 0 radical (unpaired) electrons. The van der Waals surface area contributed by atoms with E-state index in [-0.39, 0.29) is 44.2 Å². The van der Waals surface area contributed by atoms with Crippen molar-refractivity contribution in [1.29, 1.82) is 0 Å². The van der Waals surface area contributed by atoms with Crippen molar-refractivity contribution in [2.24, 2.45) is 11.4 Å². The molecule has 1 aromatic heterocycles. The topological polar surface area (TPSA) is 166 Å². The molecule has 0 atom stereocenters. The van der Waals surface area contributed by atoms with Gasteiger partial charge in [0.1, 0.15) is 16.2 Å². The molecule has 2 heterocycles. The lowest BCUT2D eigenvalue weighted by Gasteiger charge is -2.40. The van der Waals surface area contributed by atoms with E-state index < -0.39 is 26.2 Å². The third-order valence-corrected chi connectivity index (χ3v) is 9.77.